The van der Waals surface area contributed by atoms with Gasteiger partial charge in [0.2, 0.25) is 5.91 Å². The highest BCUT2D eigenvalue weighted by atomic mass is 16.6. The minimum atomic E-state index is -0.612. The van der Waals surface area contributed by atoms with Gasteiger partial charge < -0.3 is 10.1 Å². The molecule has 11 heteroatoms. The number of nitro groups is 2. The summed E-state index contributed by atoms with van der Waals surface area (Å²) in [6.07, 6.45) is 2.33. The van der Waals surface area contributed by atoms with Gasteiger partial charge in [-0.2, -0.15) is 5.10 Å². The normalized spacial score (nSPS) is 11.5. The van der Waals surface area contributed by atoms with Gasteiger partial charge in [0.25, 0.3) is 5.69 Å². The first kappa shape index (κ1) is 21.4. The maximum atomic E-state index is 12.6. The molecule has 1 unspecified atom stereocenters. The second kappa shape index (κ2) is 9.03. The fourth-order valence-electron chi connectivity index (χ4n) is 2.79. The summed E-state index contributed by atoms with van der Waals surface area (Å²) in [5.41, 5.74) is 0.628. The zero-order chi connectivity index (χ0) is 22.5. The van der Waals surface area contributed by atoms with Gasteiger partial charge in [-0.3, -0.25) is 29.7 Å². The third kappa shape index (κ3) is 5.41. The molecule has 31 heavy (non-hydrogen) atoms. The highest BCUT2D eigenvalue weighted by molar-refractivity contribution is 5.92. The lowest BCUT2D eigenvalue weighted by Gasteiger charge is -2.14. The minimum Gasteiger partial charge on any atom is -0.457 e. The quantitative estimate of drug-likeness (QED) is 0.423. The molecule has 0 fully saturated rings. The molecule has 0 aliphatic heterocycles. The van der Waals surface area contributed by atoms with Crippen molar-refractivity contribution in [1.82, 2.24) is 9.78 Å². The molecular formula is C20H19N5O6. The summed E-state index contributed by atoms with van der Waals surface area (Å²) < 4.78 is 7.06. The van der Waals surface area contributed by atoms with E-state index in [4.69, 9.17) is 4.74 Å². The van der Waals surface area contributed by atoms with E-state index in [0.29, 0.717) is 5.75 Å². The topological polar surface area (TPSA) is 142 Å². The van der Waals surface area contributed by atoms with Crippen LogP contribution in [0.15, 0.2) is 54.9 Å². The van der Waals surface area contributed by atoms with Crippen LogP contribution in [-0.2, 0) is 11.3 Å². The van der Waals surface area contributed by atoms with Crippen LogP contribution >= 0.6 is 0 Å². The number of nitrogens with one attached hydrogen (secondary N) is 1. The van der Waals surface area contributed by atoms with Crippen LogP contribution in [0.2, 0.25) is 0 Å². The lowest BCUT2D eigenvalue weighted by atomic mass is 10.1. The number of carbonyl (C=O) groups excluding carboxylic acids is 1. The van der Waals surface area contributed by atoms with Crippen molar-refractivity contribution < 1.29 is 19.4 Å². The summed E-state index contributed by atoms with van der Waals surface area (Å²) in [7, 11) is 0. The highest BCUT2D eigenvalue weighted by Gasteiger charge is 2.19. The van der Waals surface area contributed by atoms with E-state index in [2.05, 4.69) is 10.4 Å². The molecule has 0 aliphatic carbocycles. The molecule has 1 amide bonds. The van der Waals surface area contributed by atoms with Crippen molar-refractivity contribution in [3.8, 4) is 11.5 Å². The zero-order valence-electron chi connectivity index (χ0n) is 16.7. The molecule has 2 aromatic carbocycles. The van der Waals surface area contributed by atoms with Crippen LogP contribution in [-0.4, -0.2) is 25.5 Å². The minimum absolute atomic E-state index is 0.0984. The van der Waals surface area contributed by atoms with E-state index in [0.717, 1.165) is 11.8 Å². The van der Waals surface area contributed by atoms with Gasteiger partial charge in [0, 0.05) is 12.1 Å². The third-order valence-corrected chi connectivity index (χ3v) is 4.43. The molecule has 1 heterocycles. The number of nitrogens with zero attached hydrogens (tertiary/aromatic N) is 4. The fourth-order valence-corrected chi connectivity index (χ4v) is 2.79. The van der Waals surface area contributed by atoms with Crippen molar-refractivity contribution in [3.05, 3.63) is 80.7 Å². The van der Waals surface area contributed by atoms with E-state index >= 15 is 0 Å². The molecule has 1 N–H and O–H groups in total. The number of nitro benzene ring substituents is 1. The van der Waals surface area contributed by atoms with Crippen molar-refractivity contribution in [2.75, 3.05) is 5.32 Å². The van der Waals surface area contributed by atoms with Crippen LogP contribution in [0, 0.1) is 33.1 Å². The van der Waals surface area contributed by atoms with Crippen LogP contribution in [0.25, 0.3) is 0 Å². The molecule has 11 nitrogen and oxygen atoms in total. The predicted octanol–water partition coefficient (Wildman–Crippen LogP) is 4.08. The summed E-state index contributed by atoms with van der Waals surface area (Å²) in [5, 5.41) is 28.6. The Morgan fingerprint density at radius 3 is 2.52 bits per heavy atom. The zero-order valence-corrected chi connectivity index (χ0v) is 16.7. The molecular weight excluding hydrogens is 406 g/mol. The molecule has 0 radical (unpaired) electrons. The van der Waals surface area contributed by atoms with Gasteiger partial charge in [-0.25, -0.2) is 0 Å². The van der Waals surface area contributed by atoms with E-state index in [1.165, 1.54) is 29.1 Å². The first-order valence-corrected chi connectivity index (χ1v) is 9.23. The number of aryl methyl sites for hydroxylation is 1. The first-order valence-electron chi connectivity index (χ1n) is 9.23. The average molecular weight is 425 g/mol. The van der Waals surface area contributed by atoms with E-state index in [1.54, 1.807) is 19.1 Å². The van der Waals surface area contributed by atoms with Crippen molar-refractivity contribution in [2.45, 2.75) is 20.4 Å². The average Bonchev–Trinajstić information content (AvgIpc) is 3.18. The van der Waals surface area contributed by atoms with Crippen LogP contribution in [0.5, 0.6) is 11.5 Å². The number of rotatable bonds is 8. The molecule has 1 atom stereocenters. The fraction of sp³-hybridized carbons (Fsp3) is 0.200. The Morgan fingerprint density at radius 2 is 1.87 bits per heavy atom. The van der Waals surface area contributed by atoms with Gasteiger partial charge in [0.05, 0.1) is 34.1 Å². The molecule has 1 aromatic heterocycles. The Morgan fingerprint density at radius 1 is 1.16 bits per heavy atom. The van der Waals surface area contributed by atoms with Crippen molar-refractivity contribution >= 4 is 23.0 Å². The van der Waals surface area contributed by atoms with Crippen LogP contribution in [0.4, 0.5) is 17.1 Å². The Hall–Kier alpha value is -4.28. The van der Waals surface area contributed by atoms with Crippen molar-refractivity contribution in [3.63, 3.8) is 0 Å². The maximum absolute atomic E-state index is 12.6. The molecule has 160 valence electrons. The molecule has 0 aliphatic rings. The molecule has 0 bridgehead atoms. The standard InChI is InChI=1S/C20H19N5O6/c1-13-5-3-4-6-19(13)31-18-8-15(7-16(9-18)24(27)28)22-20(26)14(2)11-23-12-17(10-21-23)25(29)30/h3-10,12,14H,11H2,1-2H3,(H,22,26). The van der Waals surface area contributed by atoms with E-state index < -0.39 is 21.7 Å². The lowest BCUT2D eigenvalue weighted by molar-refractivity contribution is -0.385. The number of non-ortho nitro benzene ring substituents is 1. The number of aromatic nitrogens is 2. The van der Waals surface area contributed by atoms with Gasteiger partial charge in [0.15, 0.2) is 0 Å². The van der Waals surface area contributed by atoms with Crippen LogP contribution in [0.3, 0.4) is 0 Å². The van der Waals surface area contributed by atoms with Crippen molar-refractivity contribution in [2.24, 2.45) is 5.92 Å². The van der Waals surface area contributed by atoms with Crippen molar-refractivity contribution in [1.29, 1.82) is 0 Å². The second-order valence-electron chi connectivity index (χ2n) is 6.91. The first-order chi connectivity index (χ1) is 14.7. The van der Waals surface area contributed by atoms with Gasteiger partial charge in [-0.1, -0.05) is 25.1 Å². The Kier molecular flexibility index (Phi) is 6.24. The molecule has 0 spiro atoms. The van der Waals surface area contributed by atoms with Gasteiger partial charge >= 0.3 is 5.69 Å². The largest absolute Gasteiger partial charge is 0.457 e. The number of hydrogen-bond donors (Lipinski definition) is 1. The summed E-state index contributed by atoms with van der Waals surface area (Å²) >= 11 is 0. The van der Waals surface area contributed by atoms with E-state index in [-0.39, 0.29) is 29.4 Å². The van der Waals surface area contributed by atoms with Gasteiger partial charge in [-0.15, -0.1) is 0 Å². The molecule has 0 saturated carbocycles. The van der Waals surface area contributed by atoms with Crippen LogP contribution in [0.1, 0.15) is 12.5 Å². The Labute approximate surface area is 176 Å². The van der Waals surface area contributed by atoms with Gasteiger partial charge in [0.1, 0.15) is 23.9 Å². The number of hydrogen-bond acceptors (Lipinski definition) is 7. The lowest BCUT2D eigenvalue weighted by Crippen LogP contribution is -2.24. The Bertz CT molecular complexity index is 1140. The Balaban J connectivity index is 1.76. The third-order valence-electron chi connectivity index (χ3n) is 4.43. The number of ether oxygens (including phenoxy) is 1. The summed E-state index contributed by atoms with van der Waals surface area (Å²) in [5.74, 6) is -0.303. The number of para-hydroxylation sites is 1. The second-order valence-corrected chi connectivity index (χ2v) is 6.91. The van der Waals surface area contributed by atoms with E-state index in [1.807, 2.05) is 19.1 Å². The smallest absolute Gasteiger partial charge is 0.306 e. The van der Waals surface area contributed by atoms with Crippen LogP contribution < -0.4 is 10.1 Å². The number of carbonyl (C=O) groups is 1. The molecule has 0 saturated heterocycles. The summed E-state index contributed by atoms with van der Waals surface area (Å²) in [4.78, 5) is 33.5. The number of amides is 1. The predicted molar refractivity (Wildman–Crippen MR) is 111 cm³/mol. The monoisotopic (exact) mass is 425 g/mol. The maximum Gasteiger partial charge on any atom is 0.306 e. The summed E-state index contributed by atoms with van der Waals surface area (Å²) in [6.45, 7) is 3.56. The molecule has 3 rings (SSSR count). The number of benzene rings is 2. The highest BCUT2D eigenvalue weighted by Crippen LogP contribution is 2.31. The summed E-state index contributed by atoms with van der Waals surface area (Å²) in [6, 6.07) is 11.2. The number of anilines is 1. The van der Waals surface area contributed by atoms with E-state index in [9.17, 15) is 25.0 Å². The molecule has 3 aromatic rings. The van der Waals surface area contributed by atoms with Gasteiger partial charge in [-0.05, 0) is 18.6 Å². The SMILES string of the molecule is Cc1ccccc1Oc1cc(NC(=O)C(C)Cn2cc([N+](=O)[O-])cn2)cc([N+](=O)[O-])c1.